The van der Waals surface area contributed by atoms with E-state index in [2.05, 4.69) is 55.3 Å². The van der Waals surface area contributed by atoms with Crippen LogP contribution in [0.1, 0.15) is 66.8 Å². The molecule has 0 saturated heterocycles. The first-order valence-corrected chi connectivity index (χ1v) is 9.79. The number of aryl methyl sites for hydroxylation is 1. The third kappa shape index (κ3) is 4.09. The van der Waals surface area contributed by atoms with Gasteiger partial charge in [0.1, 0.15) is 0 Å². The van der Waals surface area contributed by atoms with Crippen LogP contribution in [0.4, 0.5) is 5.69 Å². The zero-order chi connectivity index (χ0) is 20.4. The van der Waals surface area contributed by atoms with Gasteiger partial charge >= 0.3 is 0 Å². The van der Waals surface area contributed by atoms with Crippen molar-refractivity contribution in [2.45, 2.75) is 46.5 Å². The zero-order valence-electron chi connectivity index (χ0n) is 16.8. The quantitative estimate of drug-likeness (QED) is 0.599. The van der Waals surface area contributed by atoms with Gasteiger partial charge in [-0.3, -0.25) is 4.79 Å². The molecule has 0 fully saturated rings. The maximum atomic E-state index is 13.0. The Hall–Kier alpha value is -2.66. The van der Waals surface area contributed by atoms with Crippen LogP contribution in [0.5, 0.6) is 0 Å². The third-order valence-corrected chi connectivity index (χ3v) is 4.88. The van der Waals surface area contributed by atoms with E-state index in [4.69, 9.17) is 11.6 Å². The normalized spacial score (nSPS) is 11.3. The SMILES string of the molecule is Cc1nn(-c2cccc(Cl)c2)nc1C(=O)Nc1c(C(C)C)cccc1C(C)C. The molecule has 3 aromatic rings. The molecule has 1 amide bonds. The minimum absolute atomic E-state index is 0.263. The number of aromatic nitrogens is 3. The smallest absolute Gasteiger partial charge is 0.278 e. The third-order valence-electron chi connectivity index (χ3n) is 4.65. The lowest BCUT2D eigenvalue weighted by Crippen LogP contribution is -2.17. The standard InChI is InChI=1S/C22H25ClN4O/c1-13(2)18-10-7-11-19(14(3)4)21(18)24-22(28)20-15(5)25-27(26-20)17-9-6-8-16(23)12-17/h6-14H,1-5H3,(H,24,28). The van der Waals surface area contributed by atoms with Crippen molar-refractivity contribution in [3.05, 3.63) is 70.0 Å². The highest BCUT2D eigenvalue weighted by molar-refractivity contribution is 6.30. The van der Waals surface area contributed by atoms with Crippen LogP contribution in [0.25, 0.3) is 5.69 Å². The predicted octanol–water partition coefficient (Wildman–Crippen LogP) is 5.73. The average molecular weight is 397 g/mol. The van der Waals surface area contributed by atoms with Crippen molar-refractivity contribution >= 4 is 23.2 Å². The maximum absolute atomic E-state index is 13.0. The van der Waals surface area contributed by atoms with E-state index < -0.39 is 0 Å². The number of rotatable bonds is 5. The van der Waals surface area contributed by atoms with Gasteiger partial charge in [-0.2, -0.15) is 9.90 Å². The number of hydrogen-bond donors (Lipinski definition) is 1. The first kappa shape index (κ1) is 20.1. The highest BCUT2D eigenvalue weighted by Gasteiger charge is 2.21. The highest BCUT2D eigenvalue weighted by atomic mass is 35.5. The molecule has 0 atom stereocenters. The average Bonchev–Trinajstić information content (AvgIpc) is 3.03. The number of benzene rings is 2. The summed E-state index contributed by atoms with van der Waals surface area (Å²) in [5.41, 5.74) is 4.66. The van der Waals surface area contributed by atoms with Crippen LogP contribution in [-0.4, -0.2) is 20.9 Å². The second kappa shape index (κ2) is 8.15. The molecule has 0 spiro atoms. The van der Waals surface area contributed by atoms with E-state index in [1.165, 1.54) is 4.80 Å². The van der Waals surface area contributed by atoms with E-state index >= 15 is 0 Å². The van der Waals surface area contributed by atoms with Crippen LogP contribution in [-0.2, 0) is 0 Å². The molecule has 28 heavy (non-hydrogen) atoms. The van der Waals surface area contributed by atoms with Gasteiger partial charge in [-0.25, -0.2) is 0 Å². The molecule has 1 N–H and O–H groups in total. The molecular formula is C22H25ClN4O. The molecule has 0 saturated carbocycles. The van der Waals surface area contributed by atoms with Crippen LogP contribution in [0.15, 0.2) is 42.5 Å². The summed E-state index contributed by atoms with van der Waals surface area (Å²) in [5.74, 6) is 0.315. The number of para-hydroxylation sites is 1. The fraction of sp³-hybridized carbons (Fsp3) is 0.318. The van der Waals surface area contributed by atoms with Gasteiger partial charge in [0.05, 0.1) is 11.4 Å². The van der Waals surface area contributed by atoms with Gasteiger partial charge < -0.3 is 5.32 Å². The second-order valence-corrected chi connectivity index (χ2v) is 7.91. The molecule has 0 radical (unpaired) electrons. The fourth-order valence-electron chi connectivity index (χ4n) is 3.17. The van der Waals surface area contributed by atoms with Crippen molar-refractivity contribution in [1.29, 1.82) is 0 Å². The predicted molar refractivity (Wildman–Crippen MR) is 114 cm³/mol. The highest BCUT2D eigenvalue weighted by Crippen LogP contribution is 2.32. The number of hydrogen-bond acceptors (Lipinski definition) is 3. The largest absolute Gasteiger partial charge is 0.320 e. The number of carbonyl (C=O) groups is 1. The number of halogens is 1. The van der Waals surface area contributed by atoms with Crippen molar-refractivity contribution in [3.8, 4) is 5.69 Å². The Balaban J connectivity index is 1.97. The lowest BCUT2D eigenvalue weighted by atomic mass is 9.92. The van der Waals surface area contributed by atoms with Crippen LogP contribution in [0.2, 0.25) is 5.02 Å². The van der Waals surface area contributed by atoms with Crippen molar-refractivity contribution in [2.75, 3.05) is 5.32 Å². The van der Waals surface area contributed by atoms with Crippen LogP contribution < -0.4 is 5.32 Å². The molecule has 0 aliphatic heterocycles. The summed E-state index contributed by atoms with van der Waals surface area (Å²) >= 11 is 6.06. The minimum Gasteiger partial charge on any atom is -0.320 e. The fourth-order valence-corrected chi connectivity index (χ4v) is 3.36. The minimum atomic E-state index is -0.263. The molecule has 2 aromatic carbocycles. The van der Waals surface area contributed by atoms with Crippen molar-refractivity contribution in [2.24, 2.45) is 0 Å². The summed E-state index contributed by atoms with van der Waals surface area (Å²) in [6.07, 6.45) is 0. The summed E-state index contributed by atoms with van der Waals surface area (Å²) in [5, 5.41) is 12.5. The Labute approximate surface area is 170 Å². The summed E-state index contributed by atoms with van der Waals surface area (Å²) in [6, 6.07) is 13.4. The van der Waals surface area contributed by atoms with Crippen LogP contribution >= 0.6 is 11.6 Å². The van der Waals surface area contributed by atoms with Crippen LogP contribution in [0.3, 0.4) is 0 Å². The Morgan fingerprint density at radius 3 is 2.18 bits per heavy atom. The van der Waals surface area contributed by atoms with E-state index in [9.17, 15) is 4.79 Å². The molecule has 3 rings (SSSR count). The molecule has 0 unspecified atom stereocenters. The zero-order valence-corrected chi connectivity index (χ0v) is 17.6. The Kier molecular flexibility index (Phi) is 5.84. The summed E-state index contributed by atoms with van der Waals surface area (Å²) in [6.45, 7) is 10.3. The number of carbonyl (C=O) groups excluding carboxylic acids is 1. The molecule has 0 aliphatic rings. The first-order valence-electron chi connectivity index (χ1n) is 9.42. The van der Waals surface area contributed by atoms with Gasteiger partial charge in [-0.1, -0.05) is 63.6 Å². The van der Waals surface area contributed by atoms with Gasteiger partial charge in [0, 0.05) is 10.7 Å². The van der Waals surface area contributed by atoms with E-state index in [-0.39, 0.29) is 17.7 Å². The lowest BCUT2D eigenvalue weighted by Gasteiger charge is -2.19. The summed E-state index contributed by atoms with van der Waals surface area (Å²) in [7, 11) is 0. The summed E-state index contributed by atoms with van der Waals surface area (Å²) < 4.78 is 0. The lowest BCUT2D eigenvalue weighted by molar-refractivity contribution is 0.102. The number of anilines is 1. The first-order chi connectivity index (χ1) is 13.3. The van der Waals surface area contributed by atoms with E-state index in [1.54, 1.807) is 19.1 Å². The molecule has 1 aromatic heterocycles. The molecular weight excluding hydrogens is 372 g/mol. The Morgan fingerprint density at radius 2 is 1.61 bits per heavy atom. The summed E-state index contributed by atoms with van der Waals surface area (Å²) in [4.78, 5) is 14.5. The van der Waals surface area contributed by atoms with Gasteiger partial charge in [-0.05, 0) is 48.1 Å². The molecule has 5 nitrogen and oxygen atoms in total. The van der Waals surface area contributed by atoms with E-state index in [0.29, 0.717) is 22.1 Å². The second-order valence-electron chi connectivity index (χ2n) is 7.48. The van der Waals surface area contributed by atoms with Crippen molar-refractivity contribution in [1.82, 2.24) is 15.0 Å². The van der Waals surface area contributed by atoms with Gasteiger partial charge in [-0.15, -0.1) is 5.10 Å². The van der Waals surface area contributed by atoms with Gasteiger partial charge in [0.2, 0.25) is 0 Å². The van der Waals surface area contributed by atoms with E-state index in [0.717, 1.165) is 16.8 Å². The molecule has 146 valence electrons. The molecule has 0 bridgehead atoms. The monoisotopic (exact) mass is 396 g/mol. The van der Waals surface area contributed by atoms with Crippen molar-refractivity contribution < 1.29 is 4.79 Å². The van der Waals surface area contributed by atoms with Gasteiger partial charge in [0.15, 0.2) is 5.69 Å². The number of amides is 1. The molecule has 1 heterocycles. The molecule has 0 aliphatic carbocycles. The Bertz CT molecular complexity index is 981. The van der Waals surface area contributed by atoms with Crippen molar-refractivity contribution in [3.63, 3.8) is 0 Å². The van der Waals surface area contributed by atoms with Crippen LogP contribution in [0, 0.1) is 6.92 Å². The maximum Gasteiger partial charge on any atom is 0.278 e. The van der Waals surface area contributed by atoms with Gasteiger partial charge in [0.25, 0.3) is 5.91 Å². The number of nitrogens with one attached hydrogen (secondary N) is 1. The topological polar surface area (TPSA) is 59.8 Å². The van der Waals surface area contributed by atoms with E-state index in [1.807, 2.05) is 18.2 Å². The number of nitrogens with zero attached hydrogens (tertiary/aromatic N) is 3. The molecule has 6 heteroatoms. The Morgan fingerprint density at radius 1 is 1.00 bits per heavy atom.